The largest absolute Gasteiger partial charge is 0.456 e. The summed E-state index contributed by atoms with van der Waals surface area (Å²) < 4.78 is 5.73. The Morgan fingerprint density at radius 1 is 1.21 bits per heavy atom. The first-order valence-electron chi connectivity index (χ1n) is 5.62. The number of hydrogen-bond donors (Lipinski definition) is 2. The number of oxime groups is 1. The Kier molecular flexibility index (Phi) is 3.92. The number of hydrogen-bond acceptors (Lipinski definition) is 3. The van der Waals surface area contributed by atoms with Gasteiger partial charge in [-0.3, -0.25) is 0 Å². The average molecular weight is 277 g/mol. The molecule has 3 N–H and O–H groups in total. The van der Waals surface area contributed by atoms with Crippen molar-refractivity contribution in [2.24, 2.45) is 10.9 Å². The van der Waals surface area contributed by atoms with Crippen LogP contribution in [0.25, 0.3) is 0 Å². The van der Waals surface area contributed by atoms with Gasteiger partial charge in [-0.05, 0) is 36.8 Å². The summed E-state index contributed by atoms with van der Waals surface area (Å²) in [6.45, 7) is 1.95. The number of nitrogens with two attached hydrogens (primary N) is 1. The van der Waals surface area contributed by atoms with Crippen LogP contribution in [0.5, 0.6) is 11.5 Å². The van der Waals surface area contributed by atoms with Crippen molar-refractivity contribution < 1.29 is 9.94 Å². The fraction of sp³-hybridized carbons (Fsp3) is 0.0714. The Hall–Kier alpha value is -2.20. The molecule has 0 amide bonds. The molecule has 2 aromatic carbocycles. The number of benzene rings is 2. The quantitative estimate of drug-likeness (QED) is 0.390. The fourth-order valence-electron chi connectivity index (χ4n) is 1.59. The highest BCUT2D eigenvalue weighted by Gasteiger charge is 2.08. The summed E-state index contributed by atoms with van der Waals surface area (Å²) in [4.78, 5) is 0. The van der Waals surface area contributed by atoms with E-state index < -0.39 is 0 Å². The van der Waals surface area contributed by atoms with E-state index in [0.717, 1.165) is 11.3 Å². The zero-order valence-electron chi connectivity index (χ0n) is 10.3. The molecule has 4 nitrogen and oxygen atoms in total. The molecule has 0 saturated heterocycles. The van der Waals surface area contributed by atoms with E-state index in [-0.39, 0.29) is 5.84 Å². The van der Waals surface area contributed by atoms with Gasteiger partial charge < -0.3 is 15.7 Å². The molecule has 2 aromatic rings. The zero-order valence-corrected chi connectivity index (χ0v) is 11.1. The van der Waals surface area contributed by atoms with Gasteiger partial charge in [-0.1, -0.05) is 35.0 Å². The Balaban J connectivity index is 2.30. The normalized spacial score (nSPS) is 11.4. The lowest BCUT2D eigenvalue weighted by Gasteiger charge is -2.10. The van der Waals surface area contributed by atoms with Gasteiger partial charge in [0.2, 0.25) is 0 Å². The van der Waals surface area contributed by atoms with Gasteiger partial charge in [0.05, 0.1) is 5.02 Å². The molecule has 0 unspecified atom stereocenters. The van der Waals surface area contributed by atoms with Gasteiger partial charge in [-0.25, -0.2) is 0 Å². The van der Waals surface area contributed by atoms with Gasteiger partial charge in [-0.15, -0.1) is 0 Å². The topological polar surface area (TPSA) is 67.8 Å². The molecule has 98 valence electrons. The van der Waals surface area contributed by atoms with E-state index in [1.807, 2.05) is 31.2 Å². The van der Waals surface area contributed by atoms with Gasteiger partial charge in [0, 0.05) is 5.56 Å². The van der Waals surface area contributed by atoms with E-state index in [9.17, 15) is 0 Å². The smallest absolute Gasteiger partial charge is 0.170 e. The molecule has 0 aliphatic rings. The molecule has 5 heteroatoms. The molecule has 0 fully saturated rings. The molecule has 0 spiro atoms. The predicted molar refractivity (Wildman–Crippen MR) is 75.2 cm³/mol. The summed E-state index contributed by atoms with van der Waals surface area (Å²) in [7, 11) is 0. The van der Waals surface area contributed by atoms with E-state index in [1.54, 1.807) is 18.2 Å². The third-order valence-corrected chi connectivity index (χ3v) is 2.94. The highest BCUT2D eigenvalue weighted by Crippen LogP contribution is 2.31. The van der Waals surface area contributed by atoms with E-state index in [2.05, 4.69) is 5.16 Å². The first-order valence-corrected chi connectivity index (χ1v) is 6.00. The molecule has 0 aliphatic heterocycles. The van der Waals surface area contributed by atoms with Crippen molar-refractivity contribution in [2.75, 3.05) is 0 Å². The molecule has 0 aromatic heterocycles. The van der Waals surface area contributed by atoms with Crippen LogP contribution in [0.3, 0.4) is 0 Å². The van der Waals surface area contributed by atoms with Crippen molar-refractivity contribution >= 4 is 17.4 Å². The number of nitrogens with zero attached hydrogens (tertiary/aromatic N) is 1. The van der Waals surface area contributed by atoms with E-state index in [4.69, 9.17) is 27.3 Å². The van der Waals surface area contributed by atoms with E-state index >= 15 is 0 Å². The molecule has 0 heterocycles. The number of halogens is 1. The zero-order chi connectivity index (χ0) is 13.8. The molecule has 0 atom stereocenters. The van der Waals surface area contributed by atoms with Gasteiger partial charge in [0.1, 0.15) is 11.5 Å². The highest BCUT2D eigenvalue weighted by atomic mass is 35.5. The molecule has 0 bridgehead atoms. The lowest BCUT2D eigenvalue weighted by atomic mass is 10.2. The second-order valence-electron chi connectivity index (χ2n) is 4.00. The van der Waals surface area contributed by atoms with Crippen molar-refractivity contribution in [1.82, 2.24) is 0 Å². The summed E-state index contributed by atoms with van der Waals surface area (Å²) in [5, 5.41) is 11.9. The van der Waals surface area contributed by atoms with Crippen molar-refractivity contribution in [1.29, 1.82) is 0 Å². The lowest BCUT2D eigenvalue weighted by Crippen LogP contribution is -2.12. The van der Waals surface area contributed by atoms with Gasteiger partial charge in [0.15, 0.2) is 5.84 Å². The van der Waals surface area contributed by atoms with Crippen LogP contribution in [0.1, 0.15) is 11.1 Å². The monoisotopic (exact) mass is 276 g/mol. The van der Waals surface area contributed by atoms with Crippen LogP contribution in [0.4, 0.5) is 0 Å². The second-order valence-corrected chi connectivity index (χ2v) is 4.41. The third kappa shape index (κ3) is 2.98. The van der Waals surface area contributed by atoms with Crippen molar-refractivity contribution in [3.05, 3.63) is 58.6 Å². The maximum absolute atomic E-state index is 8.61. The SMILES string of the molecule is Cc1ccccc1Oc1ccc(C(N)=NO)cc1Cl. The van der Waals surface area contributed by atoms with Crippen LogP contribution in [0, 0.1) is 6.92 Å². The molecular weight excluding hydrogens is 264 g/mol. The summed E-state index contributed by atoms with van der Waals surface area (Å²) in [6.07, 6.45) is 0. The van der Waals surface area contributed by atoms with Crippen LogP contribution < -0.4 is 10.5 Å². The maximum Gasteiger partial charge on any atom is 0.170 e. The number of amidine groups is 1. The highest BCUT2D eigenvalue weighted by molar-refractivity contribution is 6.32. The summed E-state index contributed by atoms with van der Waals surface area (Å²) in [5.41, 5.74) is 7.04. The van der Waals surface area contributed by atoms with Gasteiger partial charge in [-0.2, -0.15) is 0 Å². The van der Waals surface area contributed by atoms with Gasteiger partial charge in [0.25, 0.3) is 0 Å². The Morgan fingerprint density at radius 2 is 1.95 bits per heavy atom. The average Bonchev–Trinajstić information content (AvgIpc) is 2.42. The molecule has 2 rings (SSSR count). The summed E-state index contributed by atoms with van der Waals surface area (Å²) in [6, 6.07) is 12.6. The first-order chi connectivity index (χ1) is 9.11. The molecule has 0 saturated carbocycles. The number of para-hydroxylation sites is 1. The summed E-state index contributed by atoms with van der Waals surface area (Å²) in [5.74, 6) is 1.26. The molecule has 0 aliphatic carbocycles. The van der Waals surface area contributed by atoms with Crippen LogP contribution in [0.15, 0.2) is 47.6 Å². The molecule has 19 heavy (non-hydrogen) atoms. The fourth-order valence-corrected chi connectivity index (χ4v) is 1.81. The second kappa shape index (κ2) is 5.63. The van der Waals surface area contributed by atoms with Crippen molar-refractivity contribution in [3.8, 4) is 11.5 Å². The van der Waals surface area contributed by atoms with E-state index in [0.29, 0.717) is 16.3 Å². The minimum Gasteiger partial charge on any atom is -0.456 e. The van der Waals surface area contributed by atoms with Crippen molar-refractivity contribution in [3.63, 3.8) is 0 Å². The molecule has 0 radical (unpaired) electrons. The van der Waals surface area contributed by atoms with E-state index in [1.165, 1.54) is 0 Å². The number of ether oxygens (including phenoxy) is 1. The Bertz CT molecular complexity index is 627. The molecular formula is C14H13ClN2O2. The van der Waals surface area contributed by atoms with Crippen LogP contribution in [-0.2, 0) is 0 Å². The predicted octanol–water partition coefficient (Wildman–Crippen LogP) is 3.54. The third-order valence-electron chi connectivity index (χ3n) is 2.65. The number of aryl methyl sites for hydroxylation is 1. The summed E-state index contributed by atoms with van der Waals surface area (Å²) >= 11 is 6.12. The standard InChI is InChI=1S/C14H13ClN2O2/c1-9-4-2-3-5-12(9)19-13-7-6-10(8-11(13)15)14(16)17-18/h2-8,18H,1H3,(H2,16,17). The lowest BCUT2D eigenvalue weighted by molar-refractivity contribution is 0.318. The van der Waals surface area contributed by atoms with Gasteiger partial charge >= 0.3 is 0 Å². The minimum atomic E-state index is 0.00402. The number of rotatable bonds is 3. The Labute approximate surface area is 116 Å². The first kappa shape index (κ1) is 13.2. The Morgan fingerprint density at radius 3 is 2.58 bits per heavy atom. The van der Waals surface area contributed by atoms with Crippen LogP contribution in [-0.4, -0.2) is 11.0 Å². The van der Waals surface area contributed by atoms with Crippen LogP contribution in [0.2, 0.25) is 5.02 Å². The van der Waals surface area contributed by atoms with Crippen molar-refractivity contribution in [2.45, 2.75) is 6.92 Å². The minimum absolute atomic E-state index is 0.00402. The van der Waals surface area contributed by atoms with Crippen LogP contribution >= 0.6 is 11.6 Å². The maximum atomic E-state index is 8.61.